The highest BCUT2D eigenvalue weighted by Crippen LogP contribution is 2.04. The van der Waals surface area contributed by atoms with Gasteiger partial charge in [-0.2, -0.15) is 0 Å². The fourth-order valence-corrected chi connectivity index (χ4v) is 1.70. The predicted octanol–water partition coefficient (Wildman–Crippen LogP) is -1.44. The molecular formula is C12H25ClN2O. The molecule has 0 saturated heterocycles. The molecule has 1 N–H and O–H groups in total. The normalized spacial score (nSPS) is 10.5. The van der Waals surface area contributed by atoms with Gasteiger partial charge in [0.25, 0.3) is 0 Å². The van der Waals surface area contributed by atoms with Gasteiger partial charge >= 0.3 is 0 Å². The van der Waals surface area contributed by atoms with Gasteiger partial charge in [0.05, 0.1) is 32.7 Å². The summed E-state index contributed by atoms with van der Waals surface area (Å²) in [6.45, 7) is 17.1. The molecular weight excluding hydrogens is 224 g/mol. The summed E-state index contributed by atoms with van der Waals surface area (Å²) in [4.78, 5) is 11.3. The Morgan fingerprint density at radius 2 is 1.62 bits per heavy atom. The third-order valence-corrected chi connectivity index (χ3v) is 3.27. The van der Waals surface area contributed by atoms with E-state index in [9.17, 15) is 4.79 Å². The SMILES string of the molecule is C=C(C)C(=O)NCC[N+](CC)(CC)CC.[Cl-]. The van der Waals surface area contributed by atoms with Crippen LogP contribution in [0.3, 0.4) is 0 Å². The number of rotatable bonds is 7. The molecule has 0 heterocycles. The first kappa shape index (κ1) is 17.8. The summed E-state index contributed by atoms with van der Waals surface area (Å²) >= 11 is 0. The van der Waals surface area contributed by atoms with E-state index in [4.69, 9.17) is 0 Å². The number of carbonyl (C=O) groups excluding carboxylic acids is 1. The average Bonchev–Trinajstić information content (AvgIpc) is 2.24. The van der Waals surface area contributed by atoms with Crippen molar-refractivity contribution in [3.05, 3.63) is 12.2 Å². The van der Waals surface area contributed by atoms with Crippen molar-refractivity contribution in [1.82, 2.24) is 5.32 Å². The second-order valence-corrected chi connectivity index (χ2v) is 4.05. The van der Waals surface area contributed by atoms with Gasteiger partial charge in [0, 0.05) is 5.57 Å². The molecule has 0 saturated carbocycles. The molecule has 0 aromatic carbocycles. The maximum atomic E-state index is 11.3. The van der Waals surface area contributed by atoms with E-state index in [1.54, 1.807) is 6.92 Å². The highest BCUT2D eigenvalue weighted by atomic mass is 35.5. The molecule has 0 spiro atoms. The Bertz CT molecular complexity index is 217. The monoisotopic (exact) mass is 248 g/mol. The van der Waals surface area contributed by atoms with Crippen LogP contribution in [-0.2, 0) is 4.79 Å². The lowest BCUT2D eigenvalue weighted by Crippen LogP contribution is -3.00. The van der Waals surface area contributed by atoms with Crippen LogP contribution in [0.4, 0.5) is 0 Å². The highest BCUT2D eigenvalue weighted by molar-refractivity contribution is 5.91. The fourth-order valence-electron chi connectivity index (χ4n) is 1.70. The number of amides is 1. The van der Waals surface area contributed by atoms with Crippen LogP contribution >= 0.6 is 0 Å². The zero-order chi connectivity index (χ0) is 11.9. The van der Waals surface area contributed by atoms with Crippen molar-refractivity contribution in [1.29, 1.82) is 0 Å². The van der Waals surface area contributed by atoms with Gasteiger partial charge < -0.3 is 22.2 Å². The summed E-state index contributed by atoms with van der Waals surface area (Å²) < 4.78 is 1.07. The lowest BCUT2D eigenvalue weighted by atomic mass is 10.3. The van der Waals surface area contributed by atoms with Gasteiger partial charge in [-0.15, -0.1) is 0 Å². The Kier molecular flexibility index (Phi) is 9.58. The Balaban J connectivity index is 0. The molecule has 16 heavy (non-hydrogen) atoms. The van der Waals surface area contributed by atoms with Crippen molar-refractivity contribution < 1.29 is 21.7 Å². The zero-order valence-electron chi connectivity index (χ0n) is 11.0. The van der Waals surface area contributed by atoms with E-state index in [1.165, 1.54) is 0 Å². The number of carbonyl (C=O) groups is 1. The lowest BCUT2D eigenvalue weighted by molar-refractivity contribution is -0.922. The van der Waals surface area contributed by atoms with Gasteiger partial charge in [-0.3, -0.25) is 4.79 Å². The Hall–Kier alpha value is -0.540. The summed E-state index contributed by atoms with van der Waals surface area (Å²) in [6, 6.07) is 0. The molecule has 0 aromatic rings. The lowest BCUT2D eigenvalue weighted by Gasteiger charge is -2.35. The van der Waals surface area contributed by atoms with Crippen LogP contribution in [0.5, 0.6) is 0 Å². The molecule has 0 aromatic heterocycles. The van der Waals surface area contributed by atoms with Crippen LogP contribution in [0.25, 0.3) is 0 Å². The summed E-state index contributed by atoms with van der Waals surface area (Å²) in [6.07, 6.45) is 0. The predicted molar refractivity (Wildman–Crippen MR) is 64.6 cm³/mol. The average molecular weight is 249 g/mol. The third kappa shape index (κ3) is 5.52. The summed E-state index contributed by atoms with van der Waals surface area (Å²) in [5.41, 5.74) is 0.581. The van der Waals surface area contributed by atoms with Gasteiger partial charge in [-0.05, 0) is 27.7 Å². The number of hydrogen-bond donors (Lipinski definition) is 1. The minimum atomic E-state index is -0.0311. The minimum Gasteiger partial charge on any atom is -1.00 e. The van der Waals surface area contributed by atoms with Crippen LogP contribution < -0.4 is 17.7 Å². The smallest absolute Gasteiger partial charge is 0.246 e. The number of nitrogens with one attached hydrogen (secondary N) is 1. The number of hydrogen-bond acceptors (Lipinski definition) is 1. The number of nitrogens with zero attached hydrogens (tertiary/aromatic N) is 1. The molecule has 96 valence electrons. The summed E-state index contributed by atoms with van der Waals surface area (Å²) in [5, 5.41) is 2.89. The molecule has 0 aliphatic carbocycles. The van der Waals surface area contributed by atoms with E-state index in [0.717, 1.165) is 37.2 Å². The number of likely N-dealkylation sites (N-methyl/N-ethyl adjacent to an activating group) is 1. The second kappa shape index (κ2) is 8.59. The molecule has 0 radical (unpaired) electrons. The fraction of sp³-hybridized carbons (Fsp3) is 0.750. The molecule has 3 nitrogen and oxygen atoms in total. The molecule has 0 bridgehead atoms. The van der Waals surface area contributed by atoms with Crippen molar-refractivity contribution in [3.63, 3.8) is 0 Å². The van der Waals surface area contributed by atoms with Crippen molar-refractivity contribution >= 4 is 5.91 Å². The van der Waals surface area contributed by atoms with Crippen LogP contribution in [0, 0.1) is 0 Å². The first-order chi connectivity index (χ1) is 7.01. The van der Waals surface area contributed by atoms with Gasteiger partial charge in [-0.25, -0.2) is 0 Å². The van der Waals surface area contributed by atoms with Crippen molar-refractivity contribution in [2.45, 2.75) is 27.7 Å². The maximum absolute atomic E-state index is 11.3. The first-order valence-corrected chi connectivity index (χ1v) is 5.80. The van der Waals surface area contributed by atoms with Crippen LogP contribution in [0.1, 0.15) is 27.7 Å². The van der Waals surface area contributed by atoms with E-state index >= 15 is 0 Å². The summed E-state index contributed by atoms with van der Waals surface area (Å²) in [7, 11) is 0. The largest absolute Gasteiger partial charge is 1.00 e. The van der Waals surface area contributed by atoms with Gasteiger partial charge in [-0.1, -0.05) is 6.58 Å². The molecule has 0 rings (SSSR count). The minimum absolute atomic E-state index is 0. The molecule has 0 aliphatic rings. The van der Waals surface area contributed by atoms with E-state index in [-0.39, 0.29) is 18.3 Å². The van der Waals surface area contributed by atoms with E-state index < -0.39 is 0 Å². The number of quaternary nitrogens is 1. The molecule has 1 amide bonds. The van der Waals surface area contributed by atoms with Gasteiger partial charge in [0.2, 0.25) is 5.91 Å². The number of halogens is 1. The van der Waals surface area contributed by atoms with Crippen molar-refractivity contribution in [3.8, 4) is 0 Å². The topological polar surface area (TPSA) is 29.1 Å². The maximum Gasteiger partial charge on any atom is 0.246 e. The Labute approximate surface area is 106 Å². The van der Waals surface area contributed by atoms with Crippen LogP contribution in [0.15, 0.2) is 12.2 Å². The Morgan fingerprint density at radius 1 is 1.19 bits per heavy atom. The molecule has 0 unspecified atom stereocenters. The third-order valence-electron chi connectivity index (χ3n) is 3.27. The zero-order valence-corrected chi connectivity index (χ0v) is 11.7. The molecule has 0 atom stereocenters. The van der Waals surface area contributed by atoms with Crippen molar-refractivity contribution in [2.75, 3.05) is 32.7 Å². The van der Waals surface area contributed by atoms with E-state index in [1.807, 2.05) is 0 Å². The van der Waals surface area contributed by atoms with Crippen LogP contribution in [-0.4, -0.2) is 43.1 Å². The van der Waals surface area contributed by atoms with Gasteiger partial charge in [0.15, 0.2) is 0 Å². The van der Waals surface area contributed by atoms with E-state index in [0.29, 0.717) is 5.57 Å². The van der Waals surface area contributed by atoms with Crippen molar-refractivity contribution in [2.24, 2.45) is 0 Å². The second-order valence-electron chi connectivity index (χ2n) is 4.05. The molecule has 0 fully saturated rings. The quantitative estimate of drug-likeness (QED) is 0.434. The van der Waals surface area contributed by atoms with E-state index in [2.05, 4.69) is 32.7 Å². The molecule has 4 heteroatoms. The Morgan fingerprint density at radius 3 is 1.94 bits per heavy atom. The molecule has 0 aliphatic heterocycles. The first-order valence-electron chi connectivity index (χ1n) is 5.80. The standard InChI is InChI=1S/C12H24N2O.ClH/c1-6-14(7-2,8-3)10-9-13-12(15)11(4)5;/h4,6-10H2,1-3,5H3;1H. The van der Waals surface area contributed by atoms with Gasteiger partial charge in [0.1, 0.15) is 0 Å². The highest BCUT2D eigenvalue weighted by Gasteiger charge is 2.20. The summed E-state index contributed by atoms with van der Waals surface area (Å²) in [5.74, 6) is -0.0311. The van der Waals surface area contributed by atoms with Crippen LogP contribution in [0.2, 0.25) is 0 Å².